The first-order valence-electron chi connectivity index (χ1n) is 8.93. The molecule has 2 aromatic rings. The fourth-order valence-corrected chi connectivity index (χ4v) is 3.49. The molecule has 8 heteroatoms. The van der Waals surface area contributed by atoms with Crippen LogP contribution in [0.25, 0.3) is 11.0 Å². The molecule has 1 aliphatic rings. The number of carbonyl (C=O) groups excluding carboxylic acids is 1. The Morgan fingerprint density at radius 3 is 2.81 bits per heavy atom. The van der Waals surface area contributed by atoms with Crippen molar-refractivity contribution >= 4 is 28.6 Å². The molecule has 0 unspecified atom stereocenters. The van der Waals surface area contributed by atoms with Crippen molar-refractivity contribution in [2.24, 2.45) is 0 Å². The van der Waals surface area contributed by atoms with E-state index in [1.165, 1.54) is 4.90 Å². The number of hydrogen-bond acceptors (Lipinski definition) is 6. The molecule has 3 heterocycles. The molecule has 144 valence electrons. The van der Waals surface area contributed by atoms with E-state index in [4.69, 9.17) is 5.11 Å². The van der Waals surface area contributed by atoms with Gasteiger partial charge < -0.3 is 20.0 Å². The van der Waals surface area contributed by atoms with Gasteiger partial charge in [-0.1, -0.05) is 0 Å². The number of anilines is 1. The summed E-state index contributed by atoms with van der Waals surface area (Å²) in [5, 5.41) is 19.7. The largest absolute Gasteiger partial charge is 0.481 e. The number of nitrogens with zero attached hydrogens (tertiary/aromatic N) is 4. The minimum atomic E-state index is -1.05. The number of rotatable bonds is 6. The van der Waals surface area contributed by atoms with Crippen LogP contribution in [0.1, 0.15) is 25.0 Å². The lowest BCUT2D eigenvalue weighted by molar-refractivity contribution is -0.141. The molecule has 1 aliphatic heterocycles. The van der Waals surface area contributed by atoms with Crippen LogP contribution >= 0.6 is 0 Å². The summed E-state index contributed by atoms with van der Waals surface area (Å²) < 4.78 is 0. The number of likely N-dealkylation sites (N-methyl/N-ethyl adjacent to an activating group) is 1. The van der Waals surface area contributed by atoms with E-state index >= 15 is 0 Å². The maximum Gasteiger partial charge on any atom is 0.303 e. The maximum absolute atomic E-state index is 12.1. The van der Waals surface area contributed by atoms with Gasteiger partial charge in [-0.25, -0.2) is 4.98 Å². The van der Waals surface area contributed by atoms with Gasteiger partial charge in [0.25, 0.3) is 0 Å². The second-order valence-corrected chi connectivity index (χ2v) is 7.19. The Labute approximate surface area is 157 Å². The average molecular weight is 372 g/mol. The fraction of sp³-hybridized carbons (Fsp3) is 0.474. The Balaban J connectivity index is 1.72. The van der Waals surface area contributed by atoms with Gasteiger partial charge >= 0.3 is 5.97 Å². The van der Waals surface area contributed by atoms with Gasteiger partial charge in [0.15, 0.2) is 0 Å². The monoisotopic (exact) mass is 372 g/mol. The first kappa shape index (κ1) is 19.0. The van der Waals surface area contributed by atoms with Gasteiger partial charge in [-0.05, 0) is 31.5 Å². The van der Waals surface area contributed by atoms with Crippen molar-refractivity contribution in [2.45, 2.75) is 31.8 Å². The van der Waals surface area contributed by atoms with E-state index in [2.05, 4.69) is 14.9 Å². The summed E-state index contributed by atoms with van der Waals surface area (Å²) in [6.45, 7) is 3.10. The van der Waals surface area contributed by atoms with E-state index in [-0.39, 0.29) is 25.3 Å². The lowest BCUT2D eigenvalue weighted by Gasteiger charge is -2.29. The number of amides is 1. The van der Waals surface area contributed by atoms with Crippen molar-refractivity contribution < 1.29 is 19.8 Å². The maximum atomic E-state index is 12.1. The minimum Gasteiger partial charge on any atom is -0.481 e. The highest BCUT2D eigenvalue weighted by molar-refractivity contribution is 5.88. The molecule has 0 aliphatic carbocycles. The topological polar surface area (TPSA) is 107 Å². The van der Waals surface area contributed by atoms with Gasteiger partial charge in [0.1, 0.15) is 11.1 Å². The summed E-state index contributed by atoms with van der Waals surface area (Å²) in [7, 11) is 1.59. The summed E-state index contributed by atoms with van der Waals surface area (Å²) in [4.78, 5) is 35.1. The molecule has 27 heavy (non-hydrogen) atoms. The van der Waals surface area contributed by atoms with E-state index in [1.807, 2.05) is 25.1 Å². The number of hydrogen-bond donors (Lipinski definition) is 2. The Morgan fingerprint density at radius 1 is 1.30 bits per heavy atom. The van der Waals surface area contributed by atoms with Gasteiger partial charge in [0.05, 0.1) is 24.2 Å². The normalized spacial score (nSPS) is 19.4. The van der Waals surface area contributed by atoms with E-state index < -0.39 is 11.6 Å². The number of pyridine rings is 2. The number of fused-ring (bicyclic) bond motifs is 1. The van der Waals surface area contributed by atoms with Gasteiger partial charge in [-0.3, -0.25) is 14.6 Å². The van der Waals surface area contributed by atoms with Crippen LogP contribution in [-0.2, 0) is 9.59 Å². The van der Waals surface area contributed by atoms with Gasteiger partial charge in [0.2, 0.25) is 5.91 Å². The van der Waals surface area contributed by atoms with Crippen molar-refractivity contribution in [3.05, 3.63) is 30.1 Å². The SMILES string of the molecule is Cc1ccc2nccc(N3CC[C@](O)(CN(C)C(=O)CCC(=O)O)C3)c2n1. The Hall–Kier alpha value is -2.74. The van der Waals surface area contributed by atoms with Crippen molar-refractivity contribution in [1.29, 1.82) is 0 Å². The summed E-state index contributed by atoms with van der Waals surface area (Å²) in [6, 6.07) is 5.73. The lowest BCUT2D eigenvalue weighted by atomic mass is 10.0. The molecule has 0 radical (unpaired) electrons. The standard InChI is InChI=1S/C19H24N4O4/c1-13-3-4-14-18(21-13)15(7-9-20-14)23-10-8-19(27,12-23)11-22(2)16(24)5-6-17(25)26/h3-4,7,9,27H,5-6,8,10-12H2,1-2H3,(H,25,26)/t19-/m0/s1. The number of aromatic nitrogens is 2. The molecular formula is C19H24N4O4. The average Bonchev–Trinajstić information content (AvgIpc) is 3.00. The third-order valence-corrected chi connectivity index (χ3v) is 4.88. The molecule has 0 aromatic carbocycles. The zero-order chi connectivity index (χ0) is 19.6. The zero-order valence-corrected chi connectivity index (χ0v) is 15.6. The predicted molar refractivity (Wildman–Crippen MR) is 101 cm³/mol. The van der Waals surface area contributed by atoms with Crippen LogP contribution in [0.3, 0.4) is 0 Å². The molecule has 2 aromatic heterocycles. The molecular weight excluding hydrogens is 348 g/mol. The van der Waals surface area contributed by atoms with Crippen LogP contribution in [0.5, 0.6) is 0 Å². The first-order valence-corrected chi connectivity index (χ1v) is 8.93. The Bertz CT molecular complexity index is 872. The van der Waals surface area contributed by atoms with Gasteiger partial charge in [-0.15, -0.1) is 0 Å². The number of β-amino-alcohol motifs (C(OH)–C–C–N with tert-alkyl or cyclic N) is 1. The molecule has 3 rings (SSSR count). The molecule has 1 fully saturated rings. The van der Waals surface area contributed by atoms with Gasteiger partial charge in [-0.2, -0.15) is 0 Å². The first-order chi connectivity index (χ1) is 12.8. The lowest BCUT2D eigenvalue weighted by Crippen LogP contribution is -2.45. The smallest absolute Gasteiger partial charge is 0.303 e. The Morgan fingerprint density at radius 2 is 2.07 bits per heavy atom. The zero-order valence-electron chi connectivity index (χ0n) is 15.6. The number of carboxylic acids is 1. The van der Waals surface area contributed by atoms with Crippen LogP contribution < -0.4 is 4.90 Å². The molecule has 0 spiro atoms. The molecule has 2 N–H and O–H groups in total. The molecule has 8 nitrogen and oxygen atoms in total. The Kier molecular flexibility index (Phi) is 5.27. The van der Waals surface area contributed by atoms with Crippen LogP contribution in [0.2, 0.25) is 0 Å². The third kappa shape index (κ3) is 4.33. The van der Waals surface area contributed by atoms with Crippen molar-refractivity contribution in [3.8, 4) is 0 Å². The number of aliphatic hydroxyl groups is 1. The summed E-state index contributed by atoms with van der Waals surface area (Å²) in [5.74, 6) is -1.29. The molecule has 0 saturated carbocycles. The third-order valence-electron chi connectivity index (χ3n) is 4.88. The van der Waals surface area contributed by atoms with Crippen molar-refractivity contribution in [1.82, 2.24) is 14.9 Å². The second-order valence-electron chi connectivity index (χ2n) is 7.19. The molecule has 0 bridgehead atoms. The van der Waals surface area contributed by atoms with E-state index in [1.54, 1.807) is 13.2 Å². The van der Waals surface area contributed by atoms with E-state index in [0.717, 1.165) is 22.4 Å². The highest BCUT2D eigenvalue weighted by Crippen LogP contribution is 2.31. The second kappa shape index (κ2) is 7.48. The van der Waals surface area contributed by atoms with Crippen LogP contribution in [0.4, 0.5) is 5.69 Å². The predicted octanol–water partition coefficient (Wildman–Crippen LogP) is 1.20. The van der Waals surface area contributed by atoms with Crippen molar-refractivity contribution in [3.63, 3.8) is 0 Å². The quantitative estimate of drug-likeness (QED) is 0.785. The summed E-state index contributed by atoms with van der Waals surface area (Å²) >= 11 is 0. The number of aliphatic carboxylic acids is 1. The number of aryl methyl sites for hydroxylation is 1. The van der Waals surface area contributed by atoms with Crippen molar-refractivity contribution in [2.75, 3.05) is 31.6 Å². The minimum absolute atomic E-state index is 0.0657. The molecule has 1 amide bonds. The van der Waals surface area contributed by atoms with Crippen LogP contribution in [0.15, 0.2) is 24.4 Å². The van der Waals surface area contributed by atoms with E-state index in [0.29, 0.717) is 19.5 Å². The van der Waals surface area contributed by atoms with Crippen LogP contribution in [0, 0.1) is 6.92 Å². The number of carbonyl (C=O) groups is 2. The van der Waals surface area contributed by atoms with E-state index in [9.17, 15) is 14.7 Å². The number of carboxylic acid groups (broad SMARTS) is 1. The molecule has 1 atom stereocenters. The molecule has 1 saturated heterocycles. The fourth-order valence-electron chi connectivity index (χ4n) is 3.49. The summed E-state index contributed by atoms with van der Waals surface area (Å²) in [5.41, 5.74) is 2.36. The highest BCUT2D eigenvalue weighted by atomic mass is 16.4. The highest BCUT2D eigenvalue weighted by Gasteiger charge is 2.38. The van der Waals surface area contributed by atoms with Gasteiger partial charge in [0, 0.05) is 38.4 Å². The van der Waals surface area contributed by atoms with Crippen LogP contribution in [-0.4, -0.2) is 69.2 Å². The summed E-state index contributed by atoms with van der Waals surface area (Å²) in [6.07, 6.45) is 1.97.